The summed E-state index contributed by atoms with van der Waals surface area (Å²) in [5, 5.41) is 4.09. The van der Waals surface area contributed by atoms with Gasteiger partial charge in [-0.3, -0.25) is 0 Å². The van der Waals surface area contributed by atoms with Gasteiger partial charge in [-0.05, 0) is 12.1 Å². The van der Waals surface area contributed by atoms with E-state index in [1.165, 1.54) is 0 Å². The number of rotatable bonds is 5. The second-order valence-electron chi connectivity index (χ2n) is 3.35. The summed E-state index contributed by atoms with van der Waals surface area (Å²) in [5.74, 6) is 0.551. The molecule has 0 radical (unpaired) electrons. The molecule has 1 aromatic carbocycles. The molecule has 90 valence electrons. The molecule has 5 N–H and O–H groups in total. The highest BCUT2D eigenvalue weighted by Crippen LogP contribution is 2.35. The minimum atomic E-state index is -0.123. The Kier molecular flexibility index (Phi) is 5.15. The van der Waals surface area contributed by atoms with Crippen molar-refractivity contribution in [2.45, 2.75) is 6.04 Å². The SMILES string of the molecule is COc1c(Cl)cc(Cl)cc1NCC(N)CN. The number of hydrogen-bond acceptors (Lipinski definition) is 4. The molecule has 1 unspecified atom stereocenters. The van der Waals surface area contributed by atoms with Crippen LogP contribution in [-0.2, 0) is 0 Å². The first-order chi connectivity index (χ1) is 7.58. The van der Waals surface area contributed by atoms with Gasteiger partial charge in [0.1, 0.15) is 0 Å². The van der Waals surface area contributed by atoms with Crippen molar-refractivity contribution in [3.8, 4) is 5.75 Å². The summed E-state index contributed by atoms with van der Waals surface area (Å²) in [4.78, 5) is 0. The Bertz CT molecular complexity index is 360. The summed E-state index contributed by atoms with van der Waals surface area (Å²) < 4.78 is 5.17. The minimum Gasteiger partial charge on any atom is -0.493 e. The molecular weight excluding hydrogens is 249 g/mol. The molecule has 0 aromatic heterocycles. The van der Waals surface area contributed by atoms with Crippen molar-refractivity contribution in [3.63, 3.8) is 0 Å². The van der Waals surface area contributed by atoms with Gasteiger partial charge in [0.05, 0.1) is 17.8 Å². The van der Waals surface area contributed by atoms with E-state index in [0.29, 0.717) is 34.6 Å². The highest BCUT2D eigenvalue weighted by atomic mass is 35.5. The normalized spacial score (nSPS) is 12.3. The first-order valence-corrected chi connectivity index (χ1v) is 5.56. The van der Waals surface area contributed by atoms with Gasteiger partial charge in [-0.25, -0.2) is 0 Å². The van der Waals surface area contributed by atoms with Crippen molar-refractivity contribution >= 4 is 28.9 Å². The van der Waals surface area contributed by atoms with Gasteiger partial charge in [-0.15, -0.1) is 0 Å². The number of halogens is 2. The van der Waals surface area contributed by atoms with Crippen LogP contribution in [0.15, 0.2) is 12.1 Å². The molecule has 0 heterocycles. The predicted molar refractivity (Wildman–Crippen MR) is 68.5 cm³/mol. The highest BCUT2D eigenvalue weighted by molar-refractivity contribution is 6.36. The van der Waals surface area contributed by atoms with Crippen LogP contribution >= 0.6 is 23.2 Å². The Labute approximate surface area is 105 Å². The topological polar surface area (TPSA) is 73.3 Å². The maximum Gasteiger partial charge on any atom is 0.160 e. The number of hydrogen-bond donors (Lipinski definition) is 3. The largest absolute Gasteiger partial charge is 0.493 e. The first kappa shape index (κ1) is 13.4. The number of benzene rings is 1. The van der Waals surface area contributed by atoms with Crippen molar-refractivity contribution in [1.82, 2.24) is 0 Å². The van der Waals surface area contributed by atoms with Crippen LogP contribution in [0.2, 0.25) is 10.0 Å². The molecule has 0 aliphatic carbocycles. The Morgan fingerprint density at radius 1 is 1.44 bits per heavy atom. The first-order valence-electron chi connectivity index (χ1n) is 4.81. The lowest BCUT2D eigenvalue weighted by Crippen LogP contribution is -2.36. The fourth-order valence-electron chi connectivity index (χ4n) is 1.22. The quantitative estimate of drug-likeness (QED) is 0.756. The molecule has 0 bridgehead atoms. The molecule has 4 nitrogen and oxygen atoms in total. The molecule has 1 aromatic rings. The maximum absolute atomic E-state index is 5.98. The van der Waals surface area contributed by atoms with E-state index in [4.69, 9.17) is 39.4 Å². The molecule has 0 saturated heterocycles. The van der Waals surface area contributed by atoms with Gasteiger partial charge < -0.3 is 21.5 Å². The van der Waals surface area contributed by atoms with E-state index >= 15 is 0 Å². The van der Waals surface area contributed by atoms with Crippen LogP contribution in [0, 0.1) is 0 Å². The van der Waals surface area contributed by atoms with E-state index in [-0.39, 0.29) is 6.04 Å². The standard InChI is InChI=1S/C10H15Cl2N3O/c1-16-10-8(12)2-6(11)3-9(10)15-5-7(14)4-13/h2-3,7,15H,4-5,13-14H2,1H3. The van der Waals surface area contributed by atoms with Crippen LogP contribution in [-0.4, -0.2) is 26.2 Å². The van der Waals surface area contributed by atoms with E-state index in [1.54, 1.807) is 19.2 Å². The molecule has 6 heteroatoms. The van der Waals surface area contributed by atoms with Gasteiger partial charge in [0.15, 0.2) is 5.75 Å². The van der Waals surface area contributed by atoms with Crippen LogP contribution in [0.1, 0.15) is 0 Å². The van der Waals surface area contributed by atoms with Crippen LogP contribution < -0.4 is 21.5 Å². The zero-order chi connectivity index (χ0) is 12.1. The van der Waals surface area contributed by atoms with Gasteiger partial charge >= 0.3 is 0 Å². The molecule has 0 fully saturated rings. The number of ether oxygens (including phenoxy) is 1. The number of nitrogens with one attached hydrogen (secondary N) is 1. The van der Waals surface area contributed by atoms with E-state index in [9.17, 15) is 0 Å². The van der Waals surface area contributed by atoms with Gasteiger partial charge in [-0.2, -0.15) is 0 Å². The van der Waals surface area contributed by atoms with E-state index in [0.717, 1.165) is 0 Å². The predicted octanol–water partition coefficient (Wildman–Crippen LogP) is 1.70. The van der Waals surface area contributed by atoms with Crippen molar-refractivity contribution in [3.05, 3.63) is 22.2 Å². The zero-order valence-electron chi connectivity index (χ0n) is 8.97. The molecule has 0 aliphatic heterocycles. The van der Waals surface area contributed by atoms with Gasteiger partial charge in [0.2, 0.25) is 0 Å². The van der Waals surface area contributed by atoms with Crippen LogP contribution in [0.25, 0.3) is 0 Å². The van der Waals surface area contributed by atoms with Gasteiger partial charge in [0.25, 0.3) is 0 Å². The molecular formula is C10H15Cl2N3O. The van der Waals surface area contributed by atoms with Crippen molar-refractivity contribution < 1.29 is 4.74 Å². The lowest BCUT2D eigenvalue weighted by Gasteiger charge is -2.15. The lowest BCUT2D eigenvalue weighted by molar-refractivity contribution is 0.416. The third kappa shape index (κ3) is 3.42. The zero-order valence-corrected chi connectivity index (χ0v) is 10.5. The number of nitrogens with two attached hydrogens (primary N) is 2. The summed E-state index contributed by atoms with van der Waals surface area (Å²) in [6, 6.07) is 3.23. The van der Waals surface area contributed by atoms with E-state index in [2.05, 4.69) is 5.32 Å². The molecule has 0 spiro atoms. The van der Waals surface area contributed by atoms with Gasteiger partial charge in [0, 0.05) is 24.2 Å². The lowest BCUT2D eigenvalue weighted by atomic mass is 10.2. The maximum atomic E-state index is 5.98. The van der Waals surface area contributed by atoms with Crippen LogP contribution in [0.4, 0.5) is 5.69 Å². The molecule has 0 amide bonds. The highest BCUT2D eigenvalue weighted by Gasteiger charge is 2.10. The fourth-order valence-corrected chi connectivity index (χ4v) is 1.79. The average molecular weight is 264 g/mol. The molecule has 16 heavy (non-hydrogen) atoms. The Balaban J connectivity index is 2.85. The third-order valence-electron chi connectivity index (χ3n) is 2.07. The van der Waals surface area contributed by atoms with E-state index in [1.807, 2.05) is 0 Å². The van der Waals surface area contributed by atoms with Crippen molar-refractivity contribution in [1.29, 1.82) is 0 Å². The van der Waals surface area contributed by atoms with Crippen LogP contribution in [0.3, 0.4) is 0 Å². The summed E-state index contributed by atoms with van der Waals surface area (Å²) in [6.45, 7) is 0.938. The summed E-state index contributed by atoms with van der Waals surface area (Å²) in [5.41, 5.74) is 11.8. The summed E-state index contributed by atoms with van der Waals surface area (Å²) in [6.07, 6.45) is 0. The molecule has 0 aliphatic rings. The van der Waals surface area contributed by atoms with Gasteiger partial charge in [-0.1, -0.05) is 23.2 Å². The summed E-state index contributed by atoms with van der Waals surface area (Å²) >= 11 is 11.9. The molecule has 1 rings (SSSR count). The second kappa shape index (κ2) is 6.15. The molecule has 0 saturated carbocycles. The number of anilines is 1. The van der Waals surface area contributed by atoms with Crippen LogP contribution in [0.5, 0.6) is 5.75 Å². The summed E-state index contributed by atoms with van der Waals surface area (Å²) in [7, 11) is 1.54. The molecule has 1 atom stereocenters. The Morgan fingerprint density at radius 2 is 2.12 bits per heavy atom. The minimum absolute atomic E-state index is 0.123. The fraction of sp³-hybridized carbons (Fsp3) is 0.400. The third-order valence-corrected chi connectivity index (χ3v) is 2.57. The van der Waals surface area contributed by atoms with Crippen molar-refractivity contribution in [2.24, 2.45) is 11.5 Å². The second-order valence-corrected chi connectivity index (χ2v) is 4.19. The van der Waals surface area contributed by atoms with E-state index < -0.39 is 0 Å². The smallest absolute Gasteiger partial charge is 0.160 e. The Morgan fingerprint density at radius 3 is 2.69 bits per heavy atom. The van der Waals surface area contributed by atoms with Crippen molar-refractivity contribution in [2.75, 3.05) is 25.5 Å². The Hall–Kier alpha value is -0.680. The number of methoxy groups -OCH3 is 1. The monoisotopic (exact) mass is 263 g/mol. The average Bonchev–Trinajstić information content (AvgIpc) is 2.25.